The van der Waals surface area contributed by atoms with Crippen LogP contribution in [0, 0.1) is 17.8 Å². The average molecular weight is 383 g/mol. The third kappa shape index (κ3) is 5.16. The van der Waals surface area contributed by atoms with Gasteiger partial charge in [-0.15, -0.1) is 24.0 Å². The molecule has 1 fully saturated rings. The molecule has 0 aromatic heterocycles. The Morgan fingerprint density at radius 1 is 1.47 bits per heavy atom. The molecule has 0 aromatic rings. The van der Waals surface area contributed by atoms with E-state index in [2.05, 4.69) is 36.0 Å². The zero-order valence-electron chi connectivity index (χ0n) is 12.5. The van der Waals surface area contributed by atoms with Gasteiger partial charge in [-0.05, 0) is 11.8 Å². The number of carbonyl (C=O) groups excluding carboxylic acids is 1. The molecule has 2 unspecified atom stereocenters. The van der Waals surface area contributed by atoms with Crippen molar-refractivity contribution in [3.8, 4) is 0 Å². The number of carbonyl (C=O) groups is 1. The van der Waals surface area contributed by atoms with Crippen LogP contribution in [0.25, 0.3) is 0 Å². The largest absolute Gasteiger partial charge is 0.469 e. The fourth-order valence-electron chi connectivity index (χ4n) is 2.23. The van der Waals surface area contributed by atoms with E-state index in [9.17, 15) is 4.79 Å². The summed E-state index contributed by atoms with van der Waals surface area (Å²) in [7, 11) is 3.22. The molecule has 112 valence electrons. The van der Waals surface area contributed by atoms with E-state index in [0.29, 0.717) is 18.4 Å². The highest BCUT2D eigenvalue weighted by atomic mass is 127. The summed E-state index contributed by atoms with van der Waals surface area (Å²) in [4.78, 5) is 18.0. The zero-order valence-corrected chi connectivity index (χ0v) is 14.8. The highest BCUT2D eigenvalue weighted by Crippen LogP contribution is 2.23. The molecule has 2 atom stereocenters. The minimum Gasteiger partial charge on any atom is -0.469 e. The molecule has 1 rings (SSSR count). The van der Waals surface area contributed by atoms with Crippen molar-refractivity contribution in [1.29, 1.82) is 0 Å². The van der Waals surface area contributed by atoms with Gasteiger partial charge in [-0.25, -0.2) is 0 Å². The molecule has 0 aliphatic carbocycles. The Morgan fingerprint density at radius 2 is 2.11 bits per heavy atom. The van der Waals surface area contributed by atoms with Crippen LogP contribution in [0.3, 0.4) is 0 Å². The molecular weight excluding hydrogens is 357 g/mol. The Hall–Kier alpha value is -0.530. The number of nitrogens with zero attached hydrogens (tertiary/aromatic N) is 2. The highest BCUT2D eigenvalue weighted by Gasteiger charge is 2.36. The first-order chi connectivity index (χ1) is 8.49. The number of hydrogen-bond acceptors (Lipinski definition) is 3. The molecule has 1 heterocycles. The van der Waals surface area contributed by atoms with Crippen molar-refractivity contribution < 1.29 is 9.53 Å². The number of guanidine groups is 1. The predicted molar refractivity (Wildman–Crippen MR) is 87.9 cm³/mol. The van der Waals surface area contributed by atoms with Gasteiger partial charge in [0.2, 0.25) is 0 Å². The molecule has 1 N–H and O–H groups in total. The summed E-state index contributed by atoms with van der Waals surface area (Å²) in [5, 5.41) is 3.33. The SMILES string of the molecule is CN=C(NCC(C)C)N1CC(C)C(C(=O)OC)C1.I. The lowest BCUT2D eigenvalue weighted by molar-refractivity contribution is -0.145. The second-order valence-electron chi connectivity index (χ2n) is 5.33. The van der Waals surface area contributed by atoms with Crippen molar-refractivity contribution in [3.63, 3.8) is 0 Å². The Kier molecular flexibility index (Phi) is 8.36. The maximum Gasteiger partial charge on any atom is 0.310 e. The number of methoxy groups -OCH3 is 1. The van der Waals surface area contributed by atoms with Gasteiger partial charge in [-0.1, -0.05) is 20.8 Å². The topological polar surface area (TPSA) is 53.9 Å². The minimum absolute atomic E-state index is 0. The summed E-state index contributed by atoms with van der Waals surface area (Å²) in [5.41, 5.74) is 0. The van der Waals surface area contributed by atoms with Gasteiger partial charge in [-0.3, -0.25) is 9.79 Å². The van der Waals surface area contributed by atoms with E-state index in [1.807, 2.05) is 0 Å². The number of ether oxygens (including phenoxy) is 1. The van der Waals surface area contributed by atoms with Crippen molar-refractivity contribution in [2.45, 2.75) is 20.8 Å². The first-order valence-electron chi connectivity index (χ1n) is 6.53. The molecule has 0 aromatic carbocycles. The second kappa shape index (κ2) is 8.60. The zero-order chi connectivity index (χ0) is 13.7. The maximum absolute atomic E-state index is 11.6. The number of halogens is 1. The lowest BCUT2D eigenvalue weighted by Gasteiger charge is -2.22. The Balaban J connectivity index is 0.00000324. The van der Waals surface area contributed by atoms with Crippen LogP contribution in [-0.4, -0.2) is 50.6 Å². The molecule has 0 amide bonds. The molecular formula is C13H26IN3O2. The van der Waals surface area contributed by atoms with Crippen LogP contribution in [0.4, 0.5) is 0 Å². The summed E-state index contributed by atoms with van der Waals surface area (Å²) in [6, 6.07) is 0. The lowest BCUT2D eigenvalue weighted by atomic mass is 9.99. The van der Waals surface area contributed by atoms with E-state index in [-0.39, 0.29) is 35.9 Å². The predicted octanol–water partition coefficient (Wildman–Crippen LogP) is 1.58. The average Bonchev–Trinajstić information content (AvgIpc) is 2.71. The van der Waals surface area contributed by atoms with E-state index in [0.717, 1.165) is 19.0 Å². The molecule has 0 spiro atoms. The van der Waals surface area contributed by atoms with Gasteiger partial charge in [0.1, 0.15) is 0 Å². The number of nitrogens with one attached hydrogen (secondary N) is 1. The van der Waals surface area contributed by atoms with Crippen LogP contribution in [0.15, 0.2) is 4.99 Å². The van der Waals surface area contributed by atoms with Crippen molar-refractivity contribution in [2.24, 2.45) is 22.7 Å². The van der Waals surface area contributed by atoms with E-state index >= 15 is 0 Å². The second-order valence-corrected chi connectivity index (χ2v) is 5.33. The normalized spacial score (nSPS) is 23.3. The molecule has 0 saturated carbocycles. The monoisotopic (exact) mass is 383 g/mol. The lowest BCUT2D eigenvalue weighted by Crippen LogP contribution is -2.42. The van der Waals surface area contributed by atoms with E-state index < -0.39 is 0 Å². The quantitative estimate of drug-likeness (QED) is 0.348. The summed E-state index contributed by atoms with van der Waals surface area (Å²) in [6.45, 7) is 8.81. The standard InChI is InChI=1S/C13H25N3O2.HI/c1-9(2)6-15-13(14-4)16-7-10(3)11(8-16)12(17)18-5;/h9-11H,6-8H2,1-5H3,(H,14,15);1H. The van der Waals surface area contributed by atoms with Gasteiger partial charge in [-0.2, -0.15) is 0 Å². The molecule has 6 heteroatoms. The molecule has 1 saturated heterocycles. The smallest absolute Gasteiger partial charge is 0.310 e. The van der Waals surface area contributed by atoms with Gasteiger partial charge in [0, 0.05) is 26.7 Å². The van der Waals surface area contributed by atoms with Crippen molar-refractivity contribution >= 4 is 35.9 Å². The first kappa shape index (κ1) is 18.5. The summed E-state index contributed by atoms with van der Waals surface area (Å²) in [5.74, 6) is 1.58. The van der Waals surface area contributed by atoms with Crippen molar-refractivity contribution in [3.05, 3.63) is 0 Å². The number of aliphatic imine (C=N–C) groups is 1. The van der Waals surface area contributed by atoms with E-state index in [1.165, 1.54) is 7.11 Å². The van der Waals surface area contributed by atoms with Crippen LogP contribution in [0.2, 0.25) is 0 Å². The maximum atomic E-state index is 11.6. The Bertz CT molecular complexity index is 321. The first-order valence-corrected chi connectivity index (χ1v) is 6.53. The van der Waals surface area contributed by atoms with Gasteiger partial charge >= 0.3 is 5.97 Å². The molecule has 1 aliphatic heterocycles. The molecule has 0 radical (unpaired) electrons. The van der Waals surface area contributed by atoms with Crippen LogP contribution in [-0.2, 0) is 9.53 Å². The minimum atomic E-state index is -0.121. The summed E-state index contributed by atoms with van der Waals surface area (Å²) in [6.07, 6.45) is 0. The van der Waals surface area contributed by atoms with Crippen molar-refractivity contribution in [1.82, 2.24) is 10.2 Å². The van der Waals surface area contributed by atoms with Gasteiger partial charge in [0.05, 0.1) is 13.0 Å². The highest BCUT2D eigenvalue weighted by molar-refractivity contribution is 14.0. The number of likely N-dealkylation sites (tertiary alicyclic amines) is 1. The fourth-order valence-corrected chi connectivity index (χ4v) is 2.23. The Morgan fingerprint density at radius 3 is 2.58 bits per heavy atom. The Labute approximate surface area is 133 Å². The number of esters is 1. The van der Waals surface area contributed by atoms with Crippen LogP contribution >= 0.6 is 24.0 Å². The van der Waals surface area contributed by atoms with E-state index in [1.54, 1.807) is 7.05 Å². The molecule has 1 aliphatic rings. The van der Waals surface area contributed by atoms with E-state index in [4.69, 9.17) is 4.74 Å². The number of hydrogen-bond donors (Lipinski definition) is 1. The van der Waals surface area contributed by atoms with Gasteiger partial charge < -0.3 is 15.0 Å². The molecule has 0 bridgehead atoms. The molecule has 19 heavy (non-hydrogen) atoms. The van der Waals surface area contributed by atoms with Crippen LogP contribution in [0.1, 0.15) is 20.8 Å². The van der Waals surface area contributed by atoms with Gasteiger partial charge in [0.25, 0.3) is 0 Å². The molecule has 5 nitrogen and oxygen atoms in total. The van der Waals surface area contributed by atoms with Crippen molar-refractivity contribution in [2.75, 3.05) is 33.8 Å². The summed E-state index contributed by atoms with van der Waals surface area (Å²) < 4.78 is 4.84. The third-order valence-corrected chi connectivity index (χ3v) is 3.30. The van der Waals surface area contributed by atoms with Crippen LogP contribution < -0.4 is 5.32 Å². The van der Waals surface area contributed by atoms with Gasteiger partial charge in [0.15, 0.2) is 5.96 Å². The summed E-state index contributed by atoms with van der Waals surface area (Å²) >= 11 is 0. The fraction of sp³-hybridized carbons (Fsp3) is 0.846. The van der Waals surface area contributed by atoms with Crippen LogP contribution in [0.5, 0.6) is 0 Å². The number of rotatable bonds is 3. The third-order valence-electron chi connectivity index (χ3n) is 3.30.